The number of aromatic nitrogens is 4. The number of carbonyl (C=O) groups is 1. The van der Waals surface area contributed by atoms with Gasteiger partial charge in [-0.05, 0) is 66.1 Å². The highest BCUT2D eigenvalue weighted by molar-refractivity contribution is 6.06. The number of nitrogens with zero attached hydrogens (tertiary/aromatic N) is 4. The van der Waals surface area contributed by atoms with E-state index in [2.05, 4.69) is 33.1 Å². The van der Waals surface area contributed by atoms with Crippen molar-refractivity contribution in [2.75, 3.05) is 17.2 Å². The highest BCUT2D eigenvalue weighted by Crippen LogP contribution is 2.36. The minimum atomic E-state index is -0.481. The first-order chi connectivity index (χ1) is 15.1. The van der Waals surface area contributed by atoms with E-state index < -0.39 is 6.04 Å². The Morgan fingerprint density at radius 3 is 2.84 bits per heavy atom. The normalized spacial score (nSPS) is 15.3. The Morgan fingerprint density at radius 1 is 1.19 bits per heavy atom. The summed E-state index contributed by atoms with van der Waals surface area (Å²) in [6.07, 6.45) is 2.05. The summed E-state index contributed by atoms with van der Waals surface area (Å²) in [5.74, 6) is 1.04. The predicted molar refractivity (Wildman–Crippen MR) is 119 cm³/mol. The maximum atomic E-state index is 13.4. The second-order valence-corrected chi connectivity index (χ2v) is 7.61. The second kappa shape index (κ2) is 8.99. The van der Waals surface area contributed by atoms with Crippen LogP contribution in [0.1, 0.15) is 43.9 Å². The number of anilines is 2. The average Bonchev–Trinajstić information content (AvgIpc) is 3.21. The highest BCUT2D eigenvalue weighted by atomic mass is 16.5. The van der Waals surface area contributed by atoms with E-state index in [4.69, 9.17) is 4.74 Å². The second-order valence-electron chi connectivity index (χ2n) is 7.61. The minimum absolute atomic E-state index is 0.209. The van der Waals surface area contributed by atoms with E-state index in [-0.39, 0.29) is 5.91 Å². The summed E-state index contributed by atoms with van der Waals surface area (Å²) < 4.78 is 7.51. The molecule has 4 rings (SSSR count). The molecule has 31 heavy (non-hydrogen) atoms. The summed E-state index contributed by atoms with van der Waals surface area (Å²) >= 11 is 0. The Bertz CT molecular complexity index is 1120. The number of carbonyl (C=O) groups excluding carboxylic acids is 1. The molecule has 2 heterocycles. The fourth-order valence-electron chi connectivity index (χ4n) is 3.64. The van der Waals surface area contributed by atoms with Crippen molar-refractivity contribution in [3.8, 4) is 5.75 Å². The lowest BCUT2D eigenvalue weighted by Crippen LogP contribution is -2.31. The number of aryl methyl sites for hydroxylation is 1. The first-order valence-electron chi connectivity index (χ1n) is 10.4. The van der Waals surface area contributed by atoms with Gasteiger partial charge < -0.3 is 15.4 Å². The molecule has 2 aromatic carbocycles. The molecule has 1 unspecified atom stereocenters. The van der Waals surface area contributed by atoms with Crippen LogP contribution >= 0.6 is 0 Å². The molecule has 160 valence electrons. The van der Waals surface area contributed by atoms with E-state index in [1.165, 1.54) is 0 Å². The zero-order chi connectivity index (χ0) is 21.8. The summed E-state index contributed by atoms with van der Waals surface area (Å²) in [6, 6.07) is 15.0. The standard InChI is InChI=1S/C23H26N6O2/c1-4-5-12-31-19-11-7-9-17(14-19)21-20(16(3)24-23-26-27-28-29(21)23)22(30)25-18-10-6-8-15(2)13-18/h6-11,13-14,21H,4-5,12H2,1-3H3,(H,25,30)(H,24,26,28). The smallest absolute Gasteiger partial charge is 0.255 e. The molecule has 2 N–H and O–H groups in total. The lowest BCUT2D eigenvalue weighted by atomic mass is 9.94. The number of amides is 1. The van der Waals surface area contributed by atoms with Gasteiger partial charge in [0.05, 0.1) is 12.2 Å². The Kier molecular flexibility index (Phi) is 5.97. The van der Waals surface area contributed by atoms with Crippen molar-refractivity contribution in [1.29, 1.82) is 0 Å². The van der Waals surface area contributed by atoms with Gasteiger partial charge in [-0.25, -0.2) is 0 Å². The molecule has 0 spiro atoms. The number of unbranched alkanes of at least 4 members (excludes halogenated alkanes) is 1. The minimum Gasteiger partial charge on any atom is -0.494 e. The molecule has 1 aliphatic heterocycles. The summed E-state index contributed by atoms with van der Waals surface area (Å²) in [4.78, 5) is 13.4. The number of hydrogen-bond acceptors (Lipinski definition) is 6. The van der Waals surface area contributed by atoms with Gasteiger partial charge in [0.25, 0.3) is 5.91 Å². The van der Waals surface area contributed by atoms with Crippen molar-refractivity contribution in [3.63, 3.8) is 0 Å². The van der Waals surface area contributed by atoms with Gasteiger partial charge in [-0.1, -0.05) is 42.7 Å². The number of fused-ring (bicyclic) bond motifs is 1. The van der Waals surface area contributed by atoms with Gasteiger partial charge in [-0.15, -0.1) is 0 Å². The SMILES string of the molecule is CCCCOc1cccc(C2C(C(=O)Nc3cccc(C)c3)=C(C)Nc3nnnn32)c1. The molecular weight excluding hydrogens is 392 g/mol. The Balaban J connectivity index is 1.70. The number of ether oxygens (including phenoxy) is 1. The van der Waals surface area contributed by atoms with E-state index >= 15 is 0 Å². The van der Waals surface area contributed by atoms with Crippen LogP contribution in [0.25, 0.3) is 0 Å². The lowest BCUT2D eigenvalue weighted by molar-refractivity contribution is -0.113. The average molecular weight is 419 g/mol. The molecule has 8 nitrogen and oxygen atoms in total. The first-order valence-corrected chi connectivity index (χ1v) is 10.4. The monoisotopic (exact) mass is 418 g/mol. The van der Waals surface area contributed by atoms with Crippen LogP contribution in [0, 0.1) is 6.92 Å². The molecule has 8 heteroatoms. The van der Waals surface area contributed by atoms with Crippen LogP contribution in [-0.4, -0.2) is 32.7 Å². The van der Waals surface area contributed by atoms with Gasteiger partial charge in [0.15, 0.2) is 0 Å². The van der Waals surface area contributed by atoms with Crippen LogP contribution in [0.4, 0.5) is 11.6 Å². The third-order valence-corrected chi connectivity index (χ3v) is 5.18. The number of allylic oxidation sites excluding steroid dienone is 1. The van der Waals surface area contributed by atoms with E-state index in [9.17, 15) is 4.79 Å². The Labute approximate surface area is 181 Å². The van der Waals surface area contributed by atoms with E-state index in [0.29, 0.717) is 23.8 Å². The lowest BCUT2D eigenvalue weighted by Gasteiger charge is -2.28. The van der Waals surface area contributed by atoms with Crippen molar-refractivity contribution >= 4 is 17.5 Å². The quantitative estimate of drug-likeness (QED) is 0.562. The van der Waals surface area contributed by atoms with Gasteiger partial charge >= 0.3 is 0 Å². The third-order valence-electron chi connectivity index (χ3n) is 5.18. The molecule has 0 radical (unpaired) electrons. The molecule has 1 aromatic heterocycles. The number of benzene rings is 2. The van der Waals surface area contributed by atoms with Gasteiger partial charge in [-0.2, -0.15) is 4.68 Å². The molecule has 0 fully saturated rings. The van der Waals surface area contributed by atoms with Crippen molar-refractivity contribution < 1.29 is 9.53 Å². The zero-order valence-corrected chi connectivity index (χ0v) is 17.9. The molecule has 1 aliphatic rings. The van der Waals surface area contributed by atoms with Gasteiger partial charge in [0.1, 0.15) is 11.8 Å². The zero-order valence-electron chi connectivity index (χ0n) is 17.9. The van der Waals surface area contributed by atoms with Gasteiger partial charge in [-0.3, -0.25) is 4.79 Å². The fourth-order valence-corrected chi connectivity index (χ4v) is 3.64. The summed E-state index contributed by atoms with van der Waals surface area (Å²) in [7, 11) is 0. The van der Waals surface area contributed by atoms with Crippen LogP contribution in [0.3, 0.4) is 0 Å². The topological polar surface area (TPSA) is 94.0 Å². The predicted octanol–water partition coefficient (Wildman–Crippen LogP) is 4.09. The van der Waals surface area contributed by atoms with Crippen molar-refractivity contribution in [3.05, 3.63) is 70.9 Å². The number of tetrazole rings is 1. The molecule has 1 atom stereocenters. The summed E-state index contributed by atoms with van der Waals surface area (Å²) in [5, 5.41) is 18.1. The van der Waals surface area contributed by atoms with Crippen LogP contribution < -0.4 is 15.4 Å². The number of nitrogens with one attached hydrogen (secondary N) is 2. The maximum Gasteiger partial charge on any atom is 0.255 e. The van der Waals surface area contributed by atoms with Crippen LogP contribution in [0.15, 0.2) is 59.8 Å². The van der Waals surface area contributed by atoms with Gasteiger partial charge in [0.2, 0.25) is 5.95 Å². The number of rotatable bonds is 7. The van der Waals surface area contributed by atoms with Crippen LogP contribution in [-0.2, 0) is 4.79 Å². The molecule has 0 aliphatic carbocycles. The van der Waals surface area contributed by atoms with Crippen molar-refractivity contribution in [2.24, 2.45) is 0 Å². The van der Waals surface area contributed by atoms with Crippen LogP contribution in [0.5, 0.6) is 5.75 Å². The van der Waals surface area contributed by atoms with E-state index in [1.54, 1.807) is 4.68 Å². The fraction of sp³-hybridized carbons (Fsp3) is 0.304. The molecule has 1 amide bonds. The van der Waals surface area contributed by atoms with Crippen LogP contribution in [0.2, 0.25) is 0 Å². The molecular formula is C23H26N6O2. The van der Waals surface area contributed by atoms with Gasteiger partial charge in [0, 0.05) is 11.4 Å². The molecule has 0 bridgehead atoms. The molecule has 0 saturated carbocycles. The largest absolute Gasteiger partial charge is 0.494 e. The Morgan fingerprint density at radius 2 is 2.03 bits per heavy atom. The molecule has 3 aromatic rings. The third kappa shape index (κ3) is 4.42. The Hall–Kier alpha value is -3.68. The van der Waals surface area contributed by atoms with E-state index in [0.717, 1.165) is 35.4 Å². The summed E-state index contributed by atoms with van der Waals surface area (Å²) in [5.41, 5.74) is 3.93. The molecule has 0 saturated heterocycles. The maximum absolute atomic E-state index is 13.4. The van der Waals surface area contributed by atoms with Crippen molar-refractivity contribution in [1.82, 2.24) is 20.2 Å². The number of hydrogen-bond donors (Lipinski definition) is 2. The van der Waals surface area contributed by atoms with E-state index in [1.807, 2.05) is 62.4 Å². The summed E-state index contributed by atoms with van der Waals surface area (Å²) in [6.45, 7) is 6.62. The highest BCUT2D eigenvalue weighted by Gasteiger charge is 2.34. The first kappa shape index (κ1) is 20.6. The van der Waals surface area contributed by atoms with Crippen molar-refractivity contribution in [2.45, 2.75) is 39.7 Å².